The second-order valence-electron chi connectivity index (χ2n) is 3.65. The first-order chi connectivity index (χ1) is 7.68. The smallest absolute Gasteiger partial charge is 0.120 e. The minimum absolute atomic E-state index is 0.415. The zero-order valence-electron chi connectivity index (χ0n) is 9.05. The van der Waals surface area contributed by atoms with E-state index >= 15 is 0 Å². The molecule has 2 rings (SSSR count). The number of rotatable bonds is 3. The Balaban J connectivity index is 2.31. The van der Waals surface area contributed by atoms with Crippen LogP contribution in [0.15, 0.2) is 36.7 Å². The fourth-order valence-electron chi connectivity index (χ4n) is 1.62. The van der Waals surface area contributed by atoms with Gasteiger partial charge in [-0.15, -0.1) is 0 Å². The Labute approximate surface area is 99.9 Å². The number of pyridine rings is 1. The van der Waals surface area contributed by atoms with Crippen LogP contribution in [0.4, 0.5) is 0 Å². The van der Waals surface area contributed by atoms with Crippen LogP contribution in [-0.4, -0.2) is 14.5 Å². The molecule has 0 aliphatic rings. The van der Waals surface area contributed by atoms with E-state index in [2.05, 4.69) is 4.98 Å². The van der Waals surface area contributed by atoms with Crippen molar-refractivity contribution in [3.8, 4) is 0 Å². The van der Waals surface area contributed by atoms with E-state index in [-0.39, 0.29) is 0 Å². The van der Waals surface area contributed by atoms with E-state index in [1.54, 1.807) is 6.20 Å². The molecule has 16 heavy (non-hydrogen) atoms. The number of aromatic nitrogens is 2. The third-order valence-electron chi connectivity index (χ3n) is 2.52. The summed E-state index contributed by atoms with van der Waals surface area (Å²) in [5, 5.41) is 0. The molecule has 2 heterocycles. The molecule has 0 unspecified atom stereocenters. The molecule has 0 saturated carbocycles. The van der Waals surface area contributed by atoms with E-state index in [4.69, 9.17) is 18.0 Å². The second-order valence-corrected chi connectivity index (χ2v) is 4.09. The number of nitrogens with two attached hydrogens (primary N) is 1. The number of aryl methyl sites for hydroxylation is 1. The molecule has 4 heteroatoms. The Morgan fingerprint density at radius 1 is 1.44 bits per heavy atom. The van der Waals surface area contributed by atoms with Gasteiger partial charge in [0.05, 0.1) is 17.9 Å². The normalized spacial score (nSPS) is 10.3. The average Bonchev–Trinajstić information content (AvgIpc) is 2.69. The van der Waals surface area contributed by atoms with Crippen molar-refractivity contribution in [1.82, 2.24) is 9.55 Å². The molecule has 0 saturated heterocycles. The fourth-order valence-corrected chi connectivity index (χ4v) is 1.81. The SMILES string of the molecule is Cc1cccnc1Cn1cccc1C(N)=S. The van der Waals surface area contributed by atoms with Crippen LogP contribution in [-0.2, 0) is 6.54 Å². The molecule has 0 aromatic carbocycles. The van der Waals surface area contributed by atoms with Crippen LogP contribution in [0.25, 0.3) is 0 Å². The number of thiocarbonyl (C=S) groups is 1. The first-order valence-electron chi connectivity index (χ1n) is 5.04. The predicted octanol–water partition coefficient (Wildman–Crippen LogP) is 1.87. The summed E-state index contributed by atoms with van der Waals surface area (Å²) in [6.45, 7) is 2.75. The van der Waals surface area contributed by atoms with Crippen molar-refractivity contribution in [2.24, 2.45) is 5.73 Å². The van der Waals surface area contributed by atoms with E-state index in [1.807, 2.05) is 42.0 Å². The quantitative estimate of drug-likeness (QED) is 0.820. The fraction of sp³-hybridized carbons (Fsp3) is 0.167. The molecule has 0 bridgehead atoms. The van der Waals surface area contributed by atoms with E-state index in [9.17, 15) is 0 Å². The molecule has 2 N–H and O–H groups in total. The highest BCUT2D eigenvalue weighted by Crippen LogP contribution is 2.09. The lowest BCUT2D eigenvalue weighted by atomic mass is 10.2. The Bertz CT molecular complexity index is 516. The molecule has 2 aromatic rings. The summed E-state index contributed by atoms with van der Waals surface area (Å²) in [7, 11) is 0. The average molecular weight is 231 g/mol. The van der Waals surface area contributed by atoms with Crippen molar-refractivity contribution in [1.29, 1.82) is 0 Å². The van der Waals surface area contributed by atoms with Crippen molar-refractivity contribution < 1.29 is 0 Å². The summed E-state index contributed by atoms with van der Waals surface area (Å²) >= 11 is 4.99. The summed E-state index contributed by atoms with van der Waals surface area (Å²) in [5.74, 6) is 0. The van der Waals surface area contributed by atoms with E-state index < -0.39 is 0 Å². The van der Waals surface area contributed by atoms with Gasteiger partial charge >= 0.3 is 0 Å². The van der Waals surface area contributed by atoms with Crippen molar-refractivity contribution >= 4 is 17.2 Å². The van der Waals surface area contributed by atoms with Gasteiger partial charge in [0, 0.05) is 12.4 Å². The van der Waals surface area contributed by atoms with Crippen molar-refractivity contribution in [2.75, 3.05) is 0 Å². The van der Waals surface area contributed by atoms with Gasteiger partial charge in [0.1, 0.15) is 4.99 Å². The number of hydrogen-bond acceptors (Lipinski definition) is 2. The first-order valence-corrected chi connectivity index (χ1v) is 5.45. The zero-order chi connectivity index (χ0) is 11.5. The topological polar surface area (TPSA) is 43.8 Å². The standard InChI is InChI=1S/C12H13N3S/c1-9-4-2-6-14-10(9)8-15-7-3-5-11(15)12(13)16/h2-7H,8H2,1H3,(H2,13,16). The third-order valence-corrected chi connectivity index (χ3v) is 2.73. The molecule has 0 atom stereocenters. The maximum Gasteiger partial charge on any atom is 0.120 e. The summed E-state index contributed by atoms with van der Waals surface area (Å²) in [6, 6.07) is 7.84. The maximum absolute atomic E-state index is 5.64. The number of hydrogen-bond donors (Lipinski definition) is 1. The molecular formula is C12H13N3S. The minimum atomic E-state index is 0.415. The Morgan fingerprint density at radius 2 is 2.25 bits per heavy atom. The van der Waals surface area contributed by atoms with Crippen molar-refractivity contribution in [3.63, 3.8) is 0 Å². The molecular weight excluding hydrogens is 218 g/mol. The Hall–Kier alpha value is -1.68. The van der Waals surface area contributed by atoms with Gasteiger partial charge < -0.3 is 10.3 Å². The largest absolute Gasteiger partial charge is 0.388 e. The van der Waals surface area contributed by atoms with Crippen LogP contribution in [0.3, 0.4) is 0 Å². The van der Waals surface area contributed by atoms with Crippen LogP contribution in [0.1, 0.15) is 17.0 Å². The Kier molecular flexibility index (Phi) is 3.01. The summed E-state index contributed by atoms with van der Waals surface area (Å²) in [5.41, 5.74) is 8.73. The van der Waals surface area contributed by atoms with Gasteiger partial charge in [0.2, 0.25) is 0 Å². The maximum atomic E-state index is 5.64. The van der Waals surface area contributed by atoms with Gasteiger partial charge in [-0.3, -0.25) is 4.98 Å². The third kappa shape index (κ3) is 2.12. The highest BCUT2D eigenvalue weighted by atomic mass is 32.1. The lowest BCUT2D eigenvalue weighted by molar-refractivity contribution is 0.767. The summed E-state index contributed by atoms with van der Waals surface area (Å²) < 4.78 is 2.01. The van der Waals surface area contributed by atoms with Gasteiger partial charge in [-0.1, -0.05) is 18.3 Å². The van der Waals surface area contributed by atoms with Crippen LogP contribution in [0.5, 0.6) is 0 Å². The van der Waals surface area contributed by atoms with Gasteiger partial charge in [-0.2, -0.15) is 0 Å². The highest BCUT2D eigenvalue weighted by Gasteiger charge is 2.05. The molecule has 0 fully saturated rings. The molecule has 0 aliphatic carbocycles. The van der Waals surface area contributed by atoms with Crippen LogP contribution in [0, 0.1) is 6.92 Å². The molecule has 0 aliphatic heterocycles. The molecule has 82 valence electrons. The Morgan fingerprint density at radius 3 is 2.94 bits per heavy atom. The van der Waals surface area contributed by atoms with Crippen LogP contribution in [0.2, 0.25) is 0 Å². The van der Waals surface area contributed by atoms with Gasteiger partial charge in [0.25, 0.3) is 0 Å². The van der Waals surface area contributed by atoms with Gasteiger partial charge in [0.15, 0.2) is 0 Å². The molecule has 0 amide bonds. The molecule has 0 radical (unpaired) electrons. The zero-order valence-corrected chi connectivity index (χ0v) is 9.87. The van der Waals surface area contributed by atoms with E-state index in [0.29, 0.717) is 11.5 Å². The molecule has 2 aromatic heterocycles. The lowest BCUT2D eigenvalue weighted by Gasteiger charge is -2.09. The minimum Gasteiger partial charge on any atom is -0.388 e. The predicted molar refractivity (Wildman–Crippen MR) is 68.4 cm³/mol. The second kappa shape index (κ2) is 4.45. The summed E-state index contributed by atoms with van der Waals surface area (Å²) in [6.07, 6.45) is 3.76. The van der Waals surface area contributed by atoms with Gasteiger partial charge in [-0.05, 0) is 30.7 Å². The van der Waals surface area contributed by atoms with E-state index in [0.717, 1.165) is 11.4 Å². The molecule has 0 spiro atoms. The molecule has 3 nitrogen and oxygen atoms in total. The summed E-state index contributed by atoms with van der Waals surface area (Å²) in [4.78, 5) is 4.76. The lowest BCUT2D eigenvalue weighted by Crippen LogP contribution is -2.16. The number of nitrogens with zero attached hydrogens (tertiary/aromatic N) is 2. The van der Waals surface area contributed by atoms with Crippen molar-refractivity contribution in [3.05, 3.63) is 53.6 Å². The van der Waals surface area contributed by atoms with Crippen LogP contribution >= 0.6 is 12.2 Å². The first kappa shape index (κ1) is 10.8. The van der Waals surface area contributed by atoms with Gasteiger partial charge in [-0.25, -0.2) is 0 Å². The monoisotopic (exact) mass is 231 g/mol. The highest BCUT2D eigenvalue weighted by molar-refractivity contribution is 7.80. The van der Waals surface area contributed by atoms with Crippen molar-refractivity contribution in [2.45, 2.75) is 13.5 Å². The van der Waals surface area contributed by atoms with Crippen LogP contribution < -0.4 is 5.73 Å². The van der Waals surface area contributed by atoms with E-state index in [1.165, 1.54) is 5.56 Å².